The molecule has 0 bridgehead atoms. The lowest BCUT2D eigenvalue weighted by Gasteiger charge is -2.19. The van der Waals surface area contributed by atoms with Gasteiger partial charge in [-0.25, -0.2) is 8.42 Å². The van der Waals surface area contributed by atoms with Crippen LogP contribution in [-0.4, -0.2) is 32.5 Å². The summed E-state index contributed by atoms with van der Waals surface area (Å²) >= 11 is 6.00. The smallest absolute Gasteiger partial charge is 0.253 e. The van der Waals surface area contributed by atoms with Gasteiger partial charge in [0.25, 0.3) is 5.91 Å². The largest absolute Gasteiger partial charge is 0.348 e. The minimum absolute atomic E-state index is 0.288. The van der Waals surface area contributed by atoms with Gasteiger partial charge in [0, 0.05) is 5.69 Å². The van der Waals surface area contributed by atoms with E-state index in [9.17, 15) is 18.0 Å². The van der Waals surface area contributed by atoms with Crippen LogP contribution in [0.2, 0.25) is 5.02 Å². The molecule has 0 spiro atoms. The van der Waals surface area contributed by atoms with Gasteiger partial charge in [0.2, 0.25) is 15.9 Å². The van der Waals surface area contributed by atoms with Crippen molar-refractivity contribution in [3.8, 4) is 0 Å². The molecule has 0 aliphatic carbocycles. The monoisotopic (exact) mass is 423 g/mol. The van der Waals surface area contributed by atoms with E-state index >= 15 is 0 Å². The minimum atomic E-state index is -3.40. The lowest BCUT2D eigenvalue weighted by molar-refractivity contribution is -0.123. The first-order valence-corrected chi connectivity index (χ1v) is 10.8. The fourth-order valence-corrected chi connectivity index (χ4v) is 3.27. The van der Waals surface area contributed by atoms with Crippen molar-refractivity contribution in [3.63, 3.8) is 0 Å². The van der Waals surface area contributed by atoms with Crippen molar-refractivity contribution in [1.82, 2.24) is 10.6 Å². The molecule has 0 aliphatic rings. The number of carbonyl (C=O) groups excluding carboxylic acids is 2. The summed E-state index contributed by atoms with van der Waals surface area (Å²) in [5.41, 5.74) is 1.41. The zero-order valence-electron chi connectivity index (χ0n) is 15.7. The molecule has 7 nitrogen and oxygen atoms in total. The second kappa shape index (κ2) is 9.07. The molecular weight excluding hydrogens is 402 g/mol. The van der Waals surface area contributed by atoms with E-state index < -0.39 is 28.0 Å². The van der Waals surface area contributed by atoms with Gasteiger partial charge in [0.15, 0.2) is 0 Å². The molecule has 0 fully saturated rings. The number of rotatable bonds is 7. The number of benzene rings is 2. The summed E-state index contributed by atoms with van der Waals surface area (Å²) in [5.74, 6) is -0.824. The second-order valence-corrected chi connectivity index (χ2v) is 8.56. The minimum Gasteiger partial charge on any atom is -0.348 e. The molecule has 2 aromatic rings. The van der Waals surface area contributed by atoms with Gasteiger partial charge in [-0.1, -0.05) is 35.9 Å². The average molecular weight is 424 g/mol. The van der Waals surface area contributed by atoms with Gasteiger partial charge in [-0.15, -0.1) is 0 Å². The summed E-state index contributed by atoms with van der Waals surface area (Å²) < 4.78 is 25.1. The van der Waals surface area contributed by atoms with E-state index in [1.54, 1.807) is 62.4 Å². The summed E-state index contributed by atoms with van der Waals surface area (Å²) in [7, 11) is -3.40. The highest BCUT2D eigenvalue weighted by Gasteiger charge is 2.20. The Morgan fingerprint density at radius 3 is 2.32 bits per heavy atom. The molecule has 2 aromatic carbocycles. The Bertz CT molecular complexity index is 979. The van der Waals surface area contributed by atoms with Crippen molar-refractivity contribution in [2.24, 2.45) is 0 Å². The quantitative estimate of drug-likeness (QED) is 0.636. The number of hydrogen-bond donors (Lipinski definition) is 3. The number of carbonyl (C=O) groups is 2. The number of anilines is 1. The van der Waals surface area contributed by atoms with Gasteiger partial charge < -0.3 is 10.6 Å². The van der Waals surface area contributed by atoms with E-state index in [4.69, 9.17) is 11.6 Å². The third-order valence-corrected chi connectivity index (χ3v) is 4.84. The third-order valence-electron chi connectivity index (χ3n) is 3.91. The topological polar surface area (TPSA) is 104 Å². The molecule has 150 valence electrons. The summed E-state index contributed by atoms with van der Waals surface area (Å²) in [6, 6.07) is 12.1. The molecule has 28 heavy (non-hydrogen) atoms. The van der Waals surface area contributed by atoms with Gasteiger partial charge in [-0.3, -0.25) is 14.3 Å². The van der Waals surface area contributed by atoms with Crippen LogP contribution in [0.3, 0.4) is 0 Å². The Morgan fingerprint density at radius 1 is 1.00 bits per heavy atom. The van der Waals surface area contributed by atoms with Gasteiger partial charge >= 0.3 is 0 Å². The van der Waals surface area contributed by atoms with Gasteiger partial charge in [-0.2, -0.15) is 0 Å². The molecule has 0 saturated heterocycles. The SMILES string of the molecule is CC(NC(=O)c1ccccc1Cl)C(=O)NC(C)c1cccc(NS(C)(=O)=O)c1. The Hall–Kier alpha value is -2.58. The molecule has 2 rings (SSSR count). The van der Waals surface area contributed by atoms with Gasteiger partial charge in [-0.05, 0) is 43.7 Å². The van der Waals surface area contributed by atoms with Crippen LogP contribution < -0.4 is 15.4 Å². The molecule has 0 heterocycles. The van der Waals surface area contributed by atoms with Crippen molar-refractivity contribution in [1.29, 1.82) is 0 Å². The maximum absolute atomic E-state index is 12.4. The van der Waals surface area contributed by atoms with E-state index in [0.717, 1.165) is 6.26 Å². The molecule has 2 unspecified atom stereocenters. The average Bonchev–Trinajstić information content (AvgIpc) is 2.60. The van der Waals surface area contributed by atoms with Gasteiger partial charge in [0.05, 0.1) is 22.9 Å². The Labute approximate surface area is 169 Å². The van der Waals surface area contributed by atoms with Crippen molar-refractivity contribution >= 4 is 39.1 Å². The van der Waals surface area contributed by atoms with Crippen LogP contribution in [0.1, 0.15) is 35.8 Å². The van der Waals surface area contributed by atoms with Crippen molar-refractivity contribution in [3.05, 3.63) is 64.7 Å². The number of sulfonamides is 1. The van der Waals surface area contributed by atoms with E-state index in [-0.39, 0.29) is 11.5 Å². The zero-order chi connectivity index (χ0) is 20.9. The number of amides is 2. The fourth-order valence-electron chi connectivity index (χ4n) is 2.49. The van der Waals surface area contributed by atoms with Crippen molar-refractivity contribution in [2.75, 3.05) is 11.0 Å². The van der Waals surface area contributed by atoms with E-state index in [1.165, 1.54) is 0 Å². The Balaban J connectivity index is 2.01. The predicted molar refractivity (Wildman–Crippen MR) is 110 cm³/mol. The van der Waals surface area contributed by atoms with Crippen LogP contribution in [-0.2, 0) is 14.8 Å². The van der Waals surface area contributed by atoms with Crippen LogP contribution in [0.25, 0.3) is 0 Å². The Kier molecular flexibility index (Phi) is 7.04. The first-order valence-electron chi connectivity index (χ1n) is 8.50. The highest BCUT2D eigenvalue weighted by atomic mass is 35.5. The first kappa shape index (κ1) is 21.7. The molecule has 3 N–H and O–H groups in total. The second-order valence-electron chi connectivity index (χ2n) is 6.40. The summed E-state index contributed by atoms with van der Waals surface area (Å²) in [6.45, 7) is 3.33. The van der Waals surface area contributed by atoms with Crippen molar-refractivity contribution < 1.29 is 18.0 Å². The molecule has 9 heteroatoms. The normalized spacial score (nSPS) is 13.3. The zero-order valence-corrected chi connectivity index (χ0v) is 17.3. The molecule has 2 amide bonds. The van der Waals surface area contributed by atoms with Gasteiger partial charge in [0.1, 0.15) is 6.04 Å². The van der Waals surface area contributed by atoms with E-state index in [0.29, 0.717) is 16.3 Å². The lowest BCUT2D eigenvalue weighted by atomic mass is 10.1. The first-order chi connectivity index (χ1) is 13.1. The molecule has 0 radical (unpaired) electrons. The Morgan fingerprint density at radius 2 is 1.68 bits per heavy atom. The fraction of sp³-hybridized carbons (Fsp3) is 0.263. The third kappa shape index (κ3) is 6.24. The standard InChI is InChI=1S/C19H22ClN3O4S/c1-12(14-7-6-8-15(11-14)23-28(3,26)27)21-18(24)13(2)22-19(25)16-9-4-5-10-17(16)20/h4-13,23H,1-3H3,(H,21,24)(H,22,25). The number of halogens is 1. The molecule has 0 aliphatic heterocycles. The molecule has 0 aromatic heterocycles. The number of nitrogens with one attached hydrogen (secondary N) is 3. The predicted octanol–water partition coefficient (Wildman–Crippen LogP) is 2.71. The highest BCUT2D eigenvalue weighted by molar-refractivity contribution is 7.92. The molecular formula is C19H22ClN3O4S. The van der Waals surface area contributed by atoms with E-state index in [1.807, 2.05) is 0 Å². The van der Waals surface area contributed by atoms with Crippen LogP contribution in [0.5, 0.6) is 0 Å². The van der Waals surface area contributed by atoms with Crippen LogP contribution in [0, 0.1) is 0 Å². The molecule has 0 saturated carbocycles. The van der Waals surface area contributed by atoms with Crippen LogP contribution in [0.4, 0.5) is 5.69 Å². The number of hydrogen-bond acceptors (Lipinski definition) is 4. The van der Waals surface area contributed by atoms with Crippen molar-refractivity contribution in [2.45, 2.75) is 25.9 Å². The lowest BCUT2D eigenvalue weighted by Crippen LogP contribution is -2.45. The summed E-state index contributed by atoms with van der Waals surface area (Å²) in [5, 5.41) is 5.70. The maximum Gasteiger partial charge on any atom is 0.253 e. The van der Waals surface area contributed by atoms with E-state index in [2.05, 4.69) is 15.4 Å². The maximum atomic E-state index is 12.4. The summed E-state index contributed by atoms with van der Waals surface area (Å²) in [4.78, 5) is 24.7. The van der Waals surface area contributed by atoms with Crippen LogP contribution in [0.15, 0.2) is 48.5 Å². The summed E-state index contributed by atoms with van der Waals surface area (Å²) in [6.07, 6.45) is 1.06. The highest BCUT2D eigenvalue weighted by Crippen LogP contribution is 2.18. The molecule has 2 atom stereocenters. The van der Waals surface area contributed by atoms with Crippen LogP contribution >= 0.6 is 11.6 Å².